The highest BCUT2D eigenvalue weighted by atomic mass is 79.9. The third-order valence-electron chi connectivity index (χ3n) is 6.82. The molecule has 0 amide bonds. The van der Waals surface area contributed by atoms with Crippen LogP contribution in [0, 0.1) is 0 Å². The molecule has 3 heterocycles. The van der Waals surface area contributed by atoms with E-state index in [0.29, 0.717) is 13.2 Å². The zero-order chi connectivity index (χ0) is 25.7. The number of benzene rings is 1. The Morgan fingerprint density at radius 2 is 1.39 bits per heavy atom. The molecule has 3 aliphatic heterocycles. The van der Waals surface area contributed by atoms with Crippen LogP contribution >= 0.6 is 39.5 Å². The van der Waals surface area contributed by atoms with Crippen molar-refractivity contribution in [3.8, 4) is 0 Å². The molecule has 0 bridgehead atoms. The summed E-state index contributed by atoms with van der Waals surface area (Å²) in [6, 6.07) is 10.3. The first-order valence-electron chi connectivity index (χ1n) is 13.3. The van der Waals surface area contributed by atoms with Crippen molar-refractivity contribution in [1.82, 2.24) is 0 Å². The van der Waals surface area contributed by atoms with Gasteiger partial charge in [0, 0.05) is 24.8 Å². The van der Waals surface area contributed by atoms with Crippen molar-refractivity contribution in [2.24, 2.45) is 0 Å². The lowest BCUT2D eigenvalue weighted by Gasteiger charge is -2.48. The molecule has 0 radical (unpaired) electrons. The molecule has 4 rings (SSSR count). The van der Waals surface area contributed by atoms with Gasteiger partial charge in [-0.2, -0.15) is 0 Å². The average Bonchev–Trinajstić information content (AvgIpc) is 2.81. The first-order valence-corrected chi connectivity index (χ1v) is 16.4. The van der Waals surface area contributed by atoms with Gasteiger partial charge in [0.2, 0.25) is 0 Å². The number of thioether (sulfide) groups is 2. The van der Waals surface area contributed by atoms with Crippen LogP contribution in [0.5, 0.6) is 0 Å². The fraction of sp³-hybridized carbons (Fsp3) is 0.786. The van der Waals surface area contributed by atoms with Crippen LogP contribution in [-0.4, -0.2) is 63.5 Å². The van der Waals surface area contributed by atoms with Gasteiger partial charge >= 0.3 is 0 Å². The van der Waals surface area contributed by atoms with Crippen molar-refractivity contribution in [2.45, 2.75) is 113 Å². The third-order valence-corrected chi connectivity index (χ3v) is 11.0. The van der Waals surface area contributed by atoms with Crippen molar-refractivity contribution in [2.75, 3.05) is 23.4 Å². The highest BCUT2D eigenvalue weighted by Gasteiger charge is 2.45. The maximum atomic E-state index is 6.52. The molecule has 0 unspecified atom stereocenters. The van der Waals surface area contributed by atoms with Crippen LogP contribution in [0.2, 0.25) is 0 Å². The quantitative estimate of drug-likeness (QED) is 0.208. The van der Waals surface area contributed by atoms with E-state index in [1.807, 2.05) is 19.9 Å². The lowest BCUT2D eigenvalue weighted by atomic mass is 9.97. The predicted octanol–water partition coefficient (Wildman–Crippen LogP) is 7.16. The Bertz CT molecular complexity index is 802. The number of halogens is 1. The molecule has 3 fully saturated rings. The van der Waals surface area contributed by atoms with E-state index in [-0.39, 0.29) is 28.5 Å². The van der Waals surface area contributed by atoms with Gasteiger partial charge in [-0.05, 0) is 70.4 Å². The summed E-state index contributed by atoms with van der Waals surface area (Å²) in [7, 11) is 0. The molecule has 0 aromatic heterocycles. The average molecular weight is 604 g/mol. The van der Waals surface area contributed by atoms with E-state index in [0.717, 1.165) is 37.4 Å². The lowest BCUT2D eigenvalue weighted by molar-refractivity contribution is -0.304. The Hall–Kier alpha value is 0.200. The molecule has 36 heavy (non-hydrogen) atoms. The Balaban J connectivity index is 1.36. The second-order valence-electron chi connectivity index (χ2n) is 11.1. The minimum atomic E-state index is -0.587. The van der Waals surface area contributed by atoms with E-state index >= 15 is 0 Å². The standard InChI is InChI=1S/C28H43BrO5S2/c1-26(2)31-22(11-12-30-20-21-9-6-5-7-10-21)15-23(32-26)17-28(35-13-8-14-36-28)18-24-16-25(19-29)34-27(3,4)33-24/h5-7,9-10,22-25H,8,11-20H2,1-4H3/t22-,23+,24-,25-/m1/s1. The van der Waals surface area contributed by atoms with E-state index in [4.69, 9.17) is 23.7 Å². The molecular weight excluding hydrogens is 560 g/mol. The number of ether oxygens (including phenoxy) is 5. The van der Waals surface area contributed by atoms with Gasteiger partial charge in [0.25, 0.3) is 0 Å². The lowest BCUT2D eigenvalue weighted by Crippen LogP contribution is -2.50. The second-order valence-corrected chi connectivity index (χ2v) is 14.9. The van der Waals surface area contributed by atoms with Crippen LogP contribution < -0.4 is 0 Å². The minimum Gasteiger partial charge on any atom is -0.377 e. The van der Waals surface area contributed by atoms with Gasteiger partial charge in [0.15, 0.2) is 11.6 Å². The Kier molecular flexibility index (Phi) is 10.6. The summed E-state index contributed by atoms with van der Waals surface area (Å²) in [5.74, 6) is 1.26. The summed E-state index contributed by atoms with van der Waals surface area (Å²) < 4.78 is 31.5. The summed E-state index contributed by atoms with van der Waals surface area (Å²) in [6.45, 7) is 9.51. The molecular formula is C28H43BrO5S2. The van der Waals surface area contributed by atoms with Crippen molar-refractivity contribution >= 4 is 39.5 Å². The van der Waals surface area contributed by atoms with E-state index < -0.39 is 11.6 Å². The van der Waals surface area contributed by atoms with Crippen LogP contribution in [0.3, 0.4) is 0 Å². The second kappa shape index (κ2) is 13.0. The highest BCUT2D eigenvalue weighted by molar-refractivity contribution is 9.09. The van der Waals surface area contributed by atoms with E-state index in [2.05, 4.69) is 77.6 Å². The molecule has 0 spiro atoms. The topological polar surface area (TPSA) is 46.2 Å². The van der Waals surface area contributed by atoms with Gasteiger partial charge in [-0.3, -0.25) is 0 Å². The first-order chi connectivity index (χ1) is 17.2. The molecule has 3 aliphatic rings. The van der Waals surface area contributed by atoms with Crippen LogP contribution in [0.1, 0.15) is 71.8 Å². The van der Waals surface area contributed by atoms with Gasteiger partial charge in [-0.1, -0.05) is 46.3 Å². The summed E-state index contributed by atoms with van der Waals surface area (Å²) in [5, 5.41) is 0.842. The number of rotatable bonds is 10. The maximum Gasteiger partial charge on any atom is 0.163 e. The van der Waals surface area contributed by atoms with Gasteiger partial charge < -0.3 is 23.7 Å². The Morgan fingerprint density at radius 1 is 0.833 bits per heavy atom. The van der Waals surface area contributed by atoms with Crippen molar-refractivity contribution < 1.29 is 23.7 Å². The molecule has 4 atom stereocenters. The summed E-state index contributed by atoms with van der Waals surface area (Å²) in [4.78, 5) is 0. The Morgan fingerprint density at radius 3 is 2.00 bits per heavy atom. The molecule has 0 saturated carbocycles. The zero-order valence-corrected chi connectivity index (χ0v) is 25.4. The number of hydrogen-bond acceptors (Lipinski definition) is 7. The van der Waals surface area contributed by atoms with Gasteiger partial charge in [0.05, 0.1) is 35.1 Å². The molecule has 0 aliphatic carbocycles. The summed E-state index contributed by atoms with van der Waals surface area (Å²) in [5.41, 5.74) is 1.21. The van der Waals surface area contributed by atoms with Crippen molar-refractivity contribution in [3.05, 3.63) is 35.9 Å². The first kappa shape index (κ1) is 29.2. The number of alkyl halides is 1. The van der Waals surface area contributed by atoms with Gasteiger partial charge in [0.1, 0.15) is 0 Å². The highest BCUT2D eigenvalue weighted by Crippen LogP contribution is 2.52. The fourth-order valence-corrected chi connectivity index (χ4v) is 9.52. The van der Waals surface area contributed by atoms with E-state index in [9.17, 15) is 0 Å². The van der Waals surface area contributed by atoms with Crippen LogP contribution in [-0.2, 0) is 30.3 Å². The molecule has 0 N–H and O–H groups in total. The third kappa shape index (κ3) is 8.87. The molecule has 5 nitrogen and oxygen atoms in total. The molecule has 1 aromatic rings. The molecule has 204 valence electrons. The zero-order valence-electron chi connectivity index (χ0n) is 22.2. The van der Waals surface area contributed by atoms with Crippen LogP contribution in [0.25, 0.3) is 0 Å². The van der Waals surface area contributed by atoms with E-state index in [1.165, 1.54) is 23.5 Å². The smallest absolute Gasteiger partial charge is 0.163 e. The SMILES string of the molecule is CC1(C)O[C@@H](CC2(C[C@@H]3C[C@@H](CCOCc4ccccc4)OC(C)(C)O3)SCCCS2)C[C@H](CBr)O1. The van der Waals surface area contributed by atoms with Gasteiger partial charge in [-0.25, -0.2) is 0 Å². The molecule has 1 aromatic carbocycles. The number of hydrogen-bond donors (Lipinski definition) is 0. The normalized spacial score (nSPS) is 31.7. The molecule has 8 heteroatoms. The fourth-order valence-electron chi connectivity index (χ4n) is 5.57. The largest absolute Gasteiger partial charge is 0.377 e. The van der Waals surface area contributed by atoms with Crippen molar-refractivity contribution in [3.63, 3.8) is 0 Å². The maximum absolute atomic E-state index is 6.52. The van der Waals surface area contributed by atoms with Gasteiger partial charge in [-0.15, -0.1) is 23.5 Å². The predicted molar refractivity (Wildman–Crippen MR) is 153 cm³/mol. The summed E-state index contributed by atoms with van der Waals surface area (Å²) in [6.07, 6.45) is 6.69. The monoisotopic (exact) mass is 602 g/mol. The summed E-state index contributed by atoms with van der Waals surface area (Å²) >= 11 is 7.86. The van der Waals surface area contributed by atoms with Crippen LogP contribution in [0.4, 0.5) is 0 Å². The van der Waals surface area contributed by atoms with Crippen LogP contribution in [0.15, 0.2) is 30.3 Å². The van der Waals surface area contributed by atoms with E-state index in [1.54, 1.807) is 0 Å². The Labute approximate surface area is 234 Å². The minimum absolute atomic E-state index is 0.0969. The van der Waals surface area contributed by atoms with Crippen molar-refractivity contribution in [1.29, 1.82) is 0 Å². The molecule has 3 saturated heterocycles.